The van der Waals surface area contributed by atoms with E-state index in [1.807, 2.05) is 0 Å². The van der Waals surface area contributed by atoms with E-state index in [0.717, 1.165) is 6.20 Å². The SMILES string of the molecule is CCOC(=O)c1cn[nH]c1S(=O)(=O)NCCCS(C)=O. The van der Waals surface area contributed by atoms with Gasteiger partial charge in [-0.15, -0.1) is 0 Å². The Bertz CT molecular complexity index is 581. The first-order valence-corrected chi connectivity index (χ1v) is 9.09. The van der Waals surface area contributed by atoms with Gasteiger partial charge in [-0.2, -0.15) is 5.10 Å². The van der Waals surface area contributed by atoms with E-state index >= 15 is 0 Å². The summed E-state index contributed by atoms with van der Waals surface area (Å²) in [7, 11) is -4.85. The van der Waals surface area contributed by atoms with Crippen LogP contribution in [0.15, 0.2) is 11.2 Å². The summed E-state index contributed by atoms with van der Waals surface area (Å²) in [4.78, 5) is 11.6. The number of sulfonamides is 1. The third-order valence-electron chi connectivity index (χ3n) is 2.27. The molecule has 1 aromatic rings. The number of aromatic amines is 1. The monoisotopic (exact) mass is 323 g/mol. The van der Waals surface area contributed by atoms with Crippen molar-refractivity contribution in [3.05, 3.63) is 11.8 Å². The van der Waals surface area contributed by atoms with Gasteiger partial charge in [-0.1, -0.05) is 0 Å². The van der Waals surface area contributed by atoms with Crippen molar-refractivity contribution < 1.29 is 22.2 Å². The van der Waals surface area contributed by atoms with Crippen molar-refractivity contribution in [3.63, 3.8) is 0 Å². The molecule has 0 aliphatic heterocycles. The third-order valence-corrected chi connectivity index (χ3v) is 4.57. The number of H-pyrrole nitrogens is 1. The smallest absolute Gasteiger partial charge is 0.342 e. The number of carbonyl (C=O) groups excluding carboxylic acids is 1. The van der Waals surface area contributed by atoms with Crippen LogP contribution in [0.3, 0.4) is 0 Å². The number of nitrogens with one attached hydrogen (secondary N) is 2. The molecular weight excluding hydrogens is 306 g/mol. The van der Waals surface area contributed by atoms with Crippen LogP contribution in [-0.2, 0) is 25.6 Å². The van der Waals surface area contributed by atoms with Crippen LogP contribution in [0, 0.1) is 0 Å². The Morgan fingerprint density at radius 3 is 2.85 bits per heavy atom. The highest BCUT2D eigenvalue weighted by molar-refractivity contribution is 7.89. The molecule has 0 fully saturated rings. The molecule has 0 saturated carbocycles. The number of carbonyl (C=O) groups is 1. The summed E-state index contributed by atoms with van der Waals surface area (Å²) >= 11 is 0. The van der Waals surface area contributed by atoms with E-state index in [9.17, 15) is 17.4 Å². The van der Waals surface area contributed by atoms with Gasteiger partial charge in [0.2, 0.25) is 0 Å². The van der Waals surface area contributed by atoms with Crippen LogP contribution in [0.5, 0.6) is 0 Å². The first kappa shape index (κ1) is 16.8. The van der Waals surface area contributed by atoms with Gasteiger partial charge in [0.25, 0.3) is 10.0 Å². The quantitative estimate of drug-likeness (QED) is 0.498. The van der Waals surface area contributed by atoms with Crippen LogP contribution in [0.25, 0.3) is 0 Å². The largest absolute Gasteiger partial charge is 0.462 e. The van der Waals surface area contributed by atoms with E-state index in [2.05, 4.69) is 14.9 Å². The molecule has 0 aliphatic rings. The van der Waals surface area contributed by atoms with Gasteiger partial charge in [0.1, 0.15) is 5.56 Å². The second-order valence-electron chi connectivity index (χ2n) is 3.86. The van der Waals surface area contributed by atoms with Gasteiger partial charge in [-0.3, -0.25) is 9.31 Å². The minimum absolute atomic E-state index is 0.128. The second kappa shape index (κ2) is 7.50. The minimum Gasteiger partial charge on any atom is -0.462 e. The summed E-state index contributed by atoms with van der Waals surface area (Å²) in [5, 5.41) is 5.50. The standard InChI is InChI=1S/C10H17N3O5S2/c1-3-18-10(14)8-7-11-13-9(8)20(16,17)12-5-4-6-19(2)15/h7,12H,3-6H2,1-2H3,(H,11,13). The Morgan fingerprint density at radius 2 is 2.25 bits per heavy atom. The first-order chi connectivity index (χ1) is 9.38. The second-order valence-corrected chi connectivity index (χ2v) is 7.12. The molecule has 20 heavy (non-hydrogen) atoms. The van der Waals surface area contributed by atoms with Crippen molar-refractivity contribution in [2.45, 2.75) is 18.4 Å². The van der Waals surface area contributed by atoms with Crippen molar-refractivity contribution in [1.82, 2.24) is 14.9 Å². The summed E-state index contributed by atoms with van der Waals surface area (Å²) in [6, 6.07) is 0. The van der Waals surface area contributed by atoms with E-state index in [1.165, 1.54) is 0 Å². The normalized spacial score (nSPS) is 13.1. The molecule has 1 atom stereocenters. The molecule has 1 heterocycles. The van der Waals surface area contributed by atoms with Crippen LogP contribution in [0.1, 0.15) is 23.7 Å². The maximum atomic E-state index is 12.0. The average molecular weight is 323 g/mol. The number of nitrogens with zero attached hydrogens (tertiary/aromatic N) is 1. The van der Waals surface area contributed by atoms with Gasteiger partial charge in [0, 0.05) is 29.4 Å². The van der Waals surface area contributed by atoms with E-state index < -0.39 is 26.8 Å². The van der Waals surface area contributed by atoms with Crippen molar-refractivity contribution in [2.75, 3.05) is 25.2 Å². The highest BCUT2D eigenvalue weighted by atomic mass is 32.2. The molecule has 1 unspecified atom stereocenters. The Hall–Kier alpha value is -1.26. The molecule has 114 valence electrons. The van der Waals surface area contributed by atoms with Gasteiger partial charge < -0.3 is 4.74 Å². The summed E-state index contributed by atoms with van der Waals surface area (Å²) in [5.74, 6) is -0.354. The molecule has 0 amide bonds. The lowest BCUT2D eigenvalue weighted by atomic mass is 10.4. The van der Waals surface area contributed by atoms with E-state index in [0.29, 0.717) is 12.2 Å². The van der Waals surface area contributed by atoms with E-state index in [4.69, 9.17) is 4.74 Å². The molecule has 0 radical (unpaired) electrons. The summed E-state index contributed by atoms with van der Waals surface area (Å²) in [6.07, 6.45) is 3.08. The van der Waals surface area contributed by atoms with Crippen LogP contribution in [-0.4, -0.2) is 54.0 Å². The average Bonchev–Trinajstić information content (AvgIpc) is 2.85. The molecule has 2 N–H and O–H groups in total. The molecular formula is C10H17N3O5S2. The maximum absolute atomic E-state index is 12.0. The number of hydrogen-bond donors (Lipinski definition) is 2. The van der Waals surface area contributed by atoms with Crippen molar-refractivity contribution in [3.8, 4) is 0 Å². The Kier molecular flexibility index (Phi) is 6.30. The van der Waals surface area contributed by atoms with E-state index in [1.54, 1.807) is 13.2 Å². The summed E-state index contributed by atoms with van der Waals surface area (Å²) in [6.45, 7) is 1.89. The molecule has 0 aromatic carbocycles. The van der Waals surface area contributed by atoms with Crippen molar-refractivity contribution in [2.24, 2.45) is 0 Å². The zero-order chi connectivity index (χ0) is 15.2. The predicted molar refractivity (Wildman–Crippen MR) is 73.3 cm³/mol. The molecule has 0 saturated heterocycles. The molecule has 1 aromatic heterocycles. The zero-order valence-corrected chi connectivity index (χ0v) is 12.8. The van der Waals surface area contributed by atoms with Crippen LogP contribution < -0.4 is 4.72 Å². The number of ether oxygens (including phenoxy) is 1. The topological polar surface area (TPSA) is 118 Å². The molecule has 0 spiro atoms. The van der Waals surface area contributed by atoms with Gasteiger partial charge in [0.15, 0.2) is 5.03 Å². The van der Waals surface area contributed by atoms with Crippen molar-refractivity contribution in [1.29, 1.82) is 0 Å². The van der Waals surface area contributed by atoms with Gasteiger partial charge >= 0.3 is 5.97 Å². The fourth-order valence-electron chi connectivity index (χ4n) is 1.39. The van der Waals surface area contributed by atoms with E-state index in [-0.39, 0.29) is 23.7 Å². The van der Waals surface area contributed by atoms with Crippen LogP contribution in [0.2, 0.25) is 0 Å². The van der Waals surface area contributed by atoms with Gasteiger partial charge in [0.05, 0.1) is 12.8 Å². The lowest BCUT2D eigenvalue weighted by Crippen LogP contribution is -2.27. The molecule has 8 nitrogen and oxygen atoms in total. The fourth-order valence-corrected chi connectivity index (χ4v) is 3.09. The van der Waals surface area contributed by atoms with Gasteiger partial charge in [-0.25, -0.2) is 17.9 Å². The zero-order valence-electron chi connectivity index (χ0n) is 11.2. The lowest BCUT2D eigenvalue weighted by Gasteiger charge is -2.06. The first-order valence-electron chi connectivity index (χ1n) is 5.88. The Balaban J connectivity index is 2.75. The van der Waals surface area contributed by atoms with Crippen LogP contribution in [0.4, 0.5) is 0 Å². The van der Waals surface area contributed by atoms with Gasteiger partial charge in [-0.05, 0) is 13.3 Å². The highest BCUT2D eigenvalue weighted by Crippen LogP contribution is 2.12. The number of hydrogen-bond acceptors (Lipinski definition) is 6. The third kappa shape index (κ3) is 4.69. The number of esters is 1. The number of aromatic nitrogens is 2. The van der Waals surface area contributed by atoms with Crippen molar-refractivity contribution >= 4 is 26.8 Å². The molecule has 0 aliphatic carbocycles. The maximum Gasteiger partial charge on any atom is 0.342 e. The minimum atomic E-state index is -3.88. The molecule has 1 rings (SSSR count). The number of rotatable bonds is 8. The molecule has 0 bridgehead atoms. The Morgan fingerprint density at radius 1 is 1.55 bits per heavy atom. The summed E-state index contributed by atoms with van der Waals surface area (Å²) < 4.78 is 41.9. The molecule has 10 heteroatoms. The fraction of sp³-hybridized carbons (Fsp3) is 0.600. The van der Waals surface area contributed by atoms with Crippen LogP contribution >= 0.6 is 0 Å². The summed E-state index contributed by atoms with van der Waals surface area (Å²) in [5.41, 5.74) is -0.140. The highest BCUT2D eigenvalue weighted by Gasteiger charge is 2.25. The lowest BCUT2D eigenvalue weighted by molar-refractivity contribution is 0.0522. The predicted octanol–water partition coefficient (Wildman–Crippen LogP) is -0.367. The Labute approximate surface area is 119 Å².